The fraction of sp³-hybridized carbons (Fsp3) is 0.824. The third-order valence-corrected chi connectivity index (χ3v) is 6.94. The van der Waals surface area contributed by atoms with Crippen LogP contribution in [0.15, 0.2) is 6.20 Å². The van der Waals surface area contributed by atoms with Crippen molar-refractivity contribution < 1.29 is 9.35 Å². The Kier molecular flexibility index (Phi) is 5.14. The largest absolute Gasteiger partial charge is 0.598 e. The molecule has 2 saturated carbocycles. The highest BCUT2D eigenvalue weighted by Crippen LogP contribution is 2.43. The summed E-state index contributed by atoms with van der Waals surface area (Å²) in [5, 5.41) is 8.51. The molecule has 7 nitrogen and oxygen atoms in total. The highest BCUT2D eigenvalue weighted by atomic mass is 32.2. The summed E-state index contributed by atoms with van der Waals surface area (Å²) in [4.78, 5) is 11.7. The van der Waals surface area contributed by atoms with Crippen molar-refractivity contribution in [3.05, 3.63) is 11.9 Å². The highest BCUT2D eigenvalue weighted by Gasteiger charge is 2.52. The standard InChI is InChI=1S/C17H29N5O2S/c1-16(2,3)25(24)20-14(12-7-5-4-6-8-12)13-11-22(21-19-13)17(9-10-17)15(18)23/h11-12,14,20H,4-10H2,1-3H3,(H2,18,23)/t14-,25-/m0/s1. The maximum atomic E-state index is 12.7. The van der Waals surface area contributed by atoms with Gasteiger partial charge in [-0.05, 0) is 52.4 Å². The number of nitrogens with two attached hydrogens (primary N) is 1. The predicted molar refractivity (Wildman–Crippen MR) is 96.8 cm³/mol. The van der Waals surface area contributed by atoms with E-state index in [-0.39, 0.29) is 16.7 Å². The van der Waals surface area contributed by atoms with Crippen molar-refractivity contribution in [2.24, 2.45) is 11.7 Å². The molecule has 2 fully saturated rings. The lowest BCUT2D eigenvalue weighted by atomic mass is 9.83. The van der Waals surface area contributed by atoms with E-state index in [1.54, 1.807) is 4.68 Å². The van der Waals surface area contributed by atoms with Gasteiger partial charge in [-0.15, -0.1) is 9.82 Å². The van der Waals surface area contributed by atoms with E-state index in [9.17, 15) is 9.35 Å². The minimum Gasteiger partial charge on any atom is -0.598 e. The van der Waals surface area contributed by atoms with Crippen LogP contribution in [0.5, 0.6) is 0 Å². The molecule has 1 heterocycles. The zero-order valence-electron chi connectivity index (χ0n) is 15.3. The van der Waals surface area contributed by atoms with Gasteiger partial charge in [0.05, 0.1) is 6.20 Å². The van der Waals surface area contributed by atoms with Crippen LogP contribution in [0.3, 0.4) is 0 Å². The molecular weight excluding hydrogens is 338 g/mol. The molecule has 3 rings (SSSR count). The van der Waals surface area contributed by atoms with E-state index in [1.165, 1.54) is 19.3 Å². The Morgan fingerprint density at radius 2 is 2.04 bits per heavy atom. The molecule has 0 unspecified atom stereocenters. The van der Waals surface area contributed by atoms with Crippen LogP contribution in [-0.4, -0.2) is 30.2 Å². The molecule has 8 heteroatoms. The van der Waals surface area contributed by atoms with Gasteiger partial charge in [0.2, 0.25) is 5.91 Å². The minimum absolute atomic E-state index is 0.113. The molecular formula is C17H29N5O2S. The molecule has 0 saturated heterocycles. The van der Waals surface area contributed by atoms with Crippen molar-refractivity contribution in [2.75, 3.05) is 0 Å². The number of carbonyl (C=O) groups excluding carboxylic acids is 1. The van der Waals surface area contributed by atoms with E-state index in [0.717, 1.165) is 18.5 Å². The molecule has 2 aliphatic carbocycles. The zero-order valence-corrected chi connectivity index (χ0v) is 16.1. The summed E-state index contributed by atoms with van der Waals surface area (Å²) in [6.45, 7) is 5.87. The molecule has 0 radical (unpaired) electrons. The summed E-state index contributed by atoms with van der Waals surface area (Å²) in [7, 11) is 0. The van der Waals surface area contributed by atoms with Crippen molar-refractivity contribution in [1.29, 1.82) is 0 Å². The fourth-order valence-electron chi connectivity index (χ4n) is 3.49. The van der Waals surface area contributed by atoms with E-state index in [1.807, 2.05) is 27.0 Å². The molecule has 3 N–H and O–H groups in total. The van der Waals surface area contributed by atoms with Crippen molar-refractivity contribution in [1.82, 2.24) is 19.7 Å². The Hall–Kier alpha value is -1.12. The molecule has 1 aromatic rings. The van der Waals surface area contributed by atoms with E-state index < -0.39 is 16.9 Å². The third-order valence-electron chi connectivity index (χ3n) is 5.36. The lowest BCUT2D eigenvalue weighted by molar-refractivity contribution is -0.122. The summed E-state index contributed by atoms with van der Waals surface area (Å²) in [6, 6.07) is -0.113. The monoisotopic (exact) mass is 367 g/mol. The van der Waals surface area contributed by atoms with Gasteiger partial charge in [0.25, 0.3) is 0 Å². The highest BCUT2D eigenvalue weighted by molar-refractivity contribution is 7.90. The van der Waals surface area contributed by atoms with Crippen LogP contribution >= 0.6 is 0 Å². The van der Waals surface area contributed by atoms with Gasteiger partial charge in [0.1, 0.15) is 22.0 Å². The summed E-state index contributed by atoms with van der Waals surface area (Å²) in [5.41, 5.74) is 5.60. The topological polar surface area (TPSA) is 109 Å². The number of nitrogens with one attached hydrogen (secondary N) is 1. The Morgan fingerprint density at radius 3 is 2.56 bits per heavy atom. The average molecular weight is 368 g/mol. The van der Waals surface area contributed by atoms with Crippen molar-refractivity contribution >= 4 is 17.3 Å². The summed E-state index contributed by atoms with van der Waals surface area (Å²) >= 11 is -1.19. The molecule has 2 atom stereocenters. The van der Waals surface area contributed by atoms with Crippen molar-refractivity contribution in [3.63, 3.8) is 0 Å². The maximum absolute atomic E-state index is 12.7. The van der Waals surface area contributed by atoms with Crippen LogP contribution in [0.2, 0.25) is 0 Å². The molecule has 0 bridgehead atoms. The van der Waals surface area contributed by atoms with Gasteiger partial charge in [-0.25, -0.2) is 4.68 Å². The number of primary amides is 1. The Balaban J connectivity index is 1.84. The van der Waals surface area contributed by atoms with Gasteiger partial charge < -0.3 is 10.3 Å². The van der Waals surface area contributed by atoms with Gasteiger partial charge >= 0.3 is 0 Å². The van der Waals surface area contributed by atoms with Gasteiger partial charge in [0, 0.05) is 11.4 Å². The van der Waals surface area contributed by atoms with Crippen LogP contribution in [0.25, 0.3) is 0 Å². The average Bonchev–Trinajstić information content (AvgIpc) is 3.24. The SMILES string of the molecule is CC(C)(C)[S@+]([O-])N[C@H](c1cn(C2(C(N)=O)CC2)nn1)C1CCCCC1. The number of nitrogens with zero attached hydrogens (tertiary/aromatic N) is 3. The summed E-state index contributed by atoms with van der Waals surface area (Å²) in [6.07, 6.45) is 9.04. The van der Waals surface area contributed by atoms with Gasteiger partial charge in [-0.1, -0.05) is 24.5 Å². The lowest BCUT2D eigenvalue weighted by Crippen LogP contribution is -2.43. The van der Waals surface area contributed by atoms with Gasteiger partial charge in [-0.2, -0.15) is 0 Å². The normalized spacial score (nSPS) is 23.2. The number of amides is 1. The molecule has 1 amide bonds. The molecule has 2 aliphatic rings. The van der Waals surface area contributed by atoms with Crippen molar-refractivity contribution in [2.45, 2.75) is 82.0 Å². The zero-order chi connectivity index (χ0) is 18.2. The maximum Gasteiger partial charge on any atom is 0.245 e. The second kappa shape index (κ2) is 6.89. The van der Waals surface area contributed by atoms with E-state index in [2.05, 4.69) is 15.0 Å². The van der Waals surface area contributed by atoms with Crippen LogP contribution in [0, 0.1) is 5.92 Å². The van der Waals surface area contributed by atoms with Gasteiger partial charge in [0.15, 0.2) is 0 Å². The second-order valence-electron chi connectivity index (χ2n) is 8.36. The molecule has 25 heavy (non-hydrogen) atoms. The predicted octanol–water partition coefficient (Wildman–Crippen LogP) is 1.93. The Morgan fingerprint density at radius 1 is 1.40 bits per heavy atom. The Bertz CT molecular complexity index is 617. The van der Waals surface area contributed by atoms with Gasteiger partial charge in [-0.3, -0.25) is 4.79 Å². The van der Waals surface area contributed by atoms with E-state index in [4.69, 9.17) is 5.73 Å². The first-order valence-corrected chi connectivity index (χ1v) is 10.3. The quantitative estimate of drug-likeness (QED) is 0.747. The second-order valence-corrected chi connectivity index (χ2v) is 10.4. The first-order chi connectivity index (χ1) is 11.7. The van der Waals surface area contributed by atoms with Crippen molar-refractivity contribution in [3.8, 4) is 0 Å². The molecule has 1 aromatic heterocycles. The summed E-state index contributed by atoms with van der Waals surface area (Å²) in [5.74, 6) is 0.0262. The third kappa shape index (κ3) is 3.85. The Labute approximate surface area is 152 Å². The number of rotatable bonds is 6. The molecule has 0 spiro atoms. The van der Waals surface area contributed by atoms with Crippen LogP contribution in [0.4, 0.5) is 0 Å². The van der Waals surface area contributed by atoms with Crippen LogP contribution in [-0.2, 0) is 21.7 Å². The molecule has 0 aliphatic heterocycles. The number of hydrogen-bond acceptors (Lipinski definition) is 5. The lowest BCUT2D eigenvalue weighted by Gasteiger charge is -2.32. The summed E-state index contributed by atoms with van der Waals surface area (Å²) < 4.78 is 17.2. The van der Waals surface area contributed by atoms with E-state index in [0.29, 0.717) is 18.8 Å². The fourth-order valence-corrected chi connectivity index (χ4v) is 4.39. The first kappa shape index (κ1) is 18.7. The number of carbonyl (C=O) groups is 1. The van der Waals surface area contributed by atoms with E-state index >= 15 is 0 Å². The minimum atomic E-state index is -1.19. The van der Waals surface area contributed by atoms with Crippen LogP contribution < -0.4 is 10.5 Å². The number of hydrogen-bond donors (Lipinski definition) is 2. The molecule has 140 valence electrons. The molecule has 0 aromatic carbocycles. The smallest absolute Gasteiger partial charge is 0.245 e. The van der Waals surface area contributed by atoms with Crippen LogP contribution in [0.1, 0.15) is 77.5 Å². The first-order valence-electron chi connectivity index (χ1n) is 9.15. The number of aromatic nitrogens is 3.